The number of hydrogen-bond acceptors (Lipinski definition) is 3. The van der Waals surface area contributed by atoms with E-state index in [1.54, 1.807) is 13.0 Å². The zero-order chi connectivity index (χ0) is 11.3. The van der Waals surface area contributed by atoms with Crippen molar-refractivity contribution >= 4 is 5.97 Å². The summed E-state index contributed by atoms with van der Waals surface area (Å²) in [6.07, 6.45) is 2.19. The lowest BCUT2D eigenvalue weighted by Crippen LogP contribution is -2.07. The molecule has 0 unspecified atom stereocenters. The Morgan fingerprint density at radius 2 is 2.27 bits per heavy atom. The highest BCUT2D eigenvalue weighted by molar-refractivity contribution is 5.87. The second-order valence-corrected chi connectivity index (χ2v) is 3.47. The van der Waals surface area contributed by atoms with Crippen molar-refractivity contribution in [2.45, 2.75) is 40.2 Å². The summed E-state index contributed by atoms with van der Waals surface area (Å²) >= 11 is 0. The minimum absolute atomic E-state index is 0.337. The molecule has 15 heavy (non-hydrogen) atoms. The molecular formula is C11H18N2O2. The van der Waals surface area contributed by atoms with E-state index in [0.29, 0.717) is 12.3 Å². The van der Waals surface area contributed by atoms with Crippen LogP contribution < -0.4 is 0 Å². The smallest absolute Gasteiger partial charge is 0.358 e. The van der Waals surface area contributed by atoms with E-state index in [4.69, 9.17) is 4.74 Å². The molecule has 0 aliphatic rings. The van der Waals surface area contributed by atoms with Crippen molar-refractivity contribution in [2.24, 2.45) is 0 Å². The molecule has 1 aromatic heterocycles. The molecule has 0 atom stereocenters. The highest BCUT2D eigenvalue weighted by Crippen LogP contribution is 2.06. The number of carbonyl (C=O) groups is 1. The SMILES string of the molecule is CCCCn1nc(C(=O)OCC)cc1C. The lowest BCUT2D eigenvalue weighted by atomic mass is 10.3. The summed E-state index contributed by atoms with van der Waals surface area (Å²) in [6.45, 7) is 7.12. The standard InChI is InChI=1S/C11H18N2O2/c1-4-6-7-13-9(3)8-10(12-13)11(14)15-5-2/h8H,4-7H2,1-3H3. The molecule has 0 saturated heterocycles. The van der Waals surface area contributed by atoms with E-state index in [1.807, 2.05) is 11.6 Å². The topological polar surface area (TPSA) is 44.1 Å². The summed E-state index contributed by atoms with van der Waals surface area (Å²) in [6, 6.07) is 1.77. The van der Waals surface area contributed by atoms with Crippen molar-refractivity contribution in [3.8, 4) is 0 Å². The number of hydrogen-bond donors (Lipinski definition) is 0. The molecule has 0 aromatic carbocycles. The number of rotatable bonds is 5. The molecule has 4 heteroatoms. The van der Waals surface area contributed by atoms with Crippen LogP contribution in [-0.2, 0) is 11.3 Å². The minimum Gasteiger partial charge on any atom is -0.461 e. The van der Waals surface area contributed by atoms with Crippen LogP contribution in [0.3, 0.4) is 0 Å². The first kappa shape index (κ1) is 11.8. The Labute approximate surface area is 90.2 Å². The average molecular weight is 210 g/mol. The first-order valence-corrected chi connectivity index (χ1v) is 5.40. The van der Waals surface area contributed by atoms with Crippen LogP contribution in [0, 0.1) is 6.92 Å². The van der Waals surface area contributed by atoms with Gasteiger partial charge in [-0.3, -0.25) is 4.68 Å². The highest BCUT2D eigenvalue weighted by Gasteiger charge is 2.12. The van der Waals surface area contributed by atoms with Gasteiger partial charge in [-0.25, -0.2) is 4.79 Å². The Balaban J connectivity index is 2.71. The lowest BCUT2D eigenvalue weighted by Gasteiger charge is -2.01. The number of unbranched alkanes of at least 4 members (excludes halogenated alkanes) is 1. The highest BCUT2D eigenvalue weighted by atomic mass is 16.5. The molecule has 0 aliphatic heterocycles. The van der Waals surface area contributed by atoms with Crippen molar-refractivity contribution in [3.05, 3.63) is 17.5 Å². The van der Waals surface area contributed by atoms with E-state index < -0.39 is 0 Å². The molecule has 0 saturated carbocycles. The number of ether oxygens (including phenoxy) is 1. The molecule has 1 rings (SSSR count). The zero-order valence-electron chi connectivity index (χ0n) is 9.62. The summed E-state index contributed by atoms with van der Waals surface area (Å²) in [5.74, 6) is -0.337. The predicted octanol–water partition coefficient (Wildman–Crippen LogP) is 2.17. The van der Waals surface area contributed by atoms with Crippen LogP contribution in [0.2, 0.25) is 0 Å². The maximum absolute atomic E-state index is 11.4. The fraction of sp³-hybridized carbons (Fsp3) is 0.636. The second kappa shape index (κ2) is 5.53. The van der Waals surface area contributed by atoms with Crippen molar-refractivity contribution < 1.29 is 9.53 Å². The Bertz CT molecular complexity index is 331. The molecular weight excluding hydrogens is 192 g/mol. The van der Waals surface area contributed by atoms with Crippen molar-refractivity contribution in [2.75, 3.05) is 6.61 Å². The second-order valence-electron chi connectivity index (χ2n) is 3.47. The van der Waals surface area contributed by atoms with E-state index in [0.717, 1.165) is 25.1 Å². The van der Waals surface area contributed by atoms with Crippen molar-refractivity contribution in [1.29, 1.82) is 0 Å². The van der Waals surface area contributed by atoms with Crippen molar-refractivity contribution in [1.82, 2.24) is 9.78 Å². The van der Waals surface area contributed by atoms with Gasteiger partial charge >= 0.3 is 5.97 Å². The quantitative estimate of drug-likeness (QED) is 0.699. The van der Waals surface area contributed by atoms with Gasteiger partial charge in [-0.2, -0.15) is 5.10 Å². The molecule has 0 spiro atoms. The van der Waals surface area contributed by atoms with Crippen LogP contribution >= 0.6 is 0 Å². The van der Waals surface area contributed by atoms with E-state index in [-0.39, 0.29) is 5.97 Å². The molecule has 0 N–H and O–H groups in total. The molecule has 0 fully saturated rings. The van der Waals surface area contributed by atoms with Gasteiger partial charge in [0.05, 0.1) is 6.61 Å². The van der Waals surface area contributed by atoms with E-state index in [9.17, 15) is 4.79 Å². The summed E-state index contributed by atoms with van der Waals surface area (Å²) in [5.41, 5.74) is 1.41. The fourth-order valence-corrected chi connectivity index (χ4v) is 1.35. The van der Waals surface area contributed by atoms with Gasteiger partial charge in [0.1, 0.15) is 0 Å². The van der Waals surface area contributed by atoms with E-state index in [2.05, 4.69) is 12.0 Å². The third-order valence-electron chi connectivity index (χ3n) is 2.19. The molecule has 1 aromatic rings. The van der Waals surface area contributed by atoms with Crippen molar-refractivity contribution in [3.63, 3.8) is 0 Å². The summed E-state index contributed by atoms with van der Waals surface area (Å²) in [4.78, 5) is 11.4. The van der Waals surface area contributed by atoms with E-state index >= 15 is 0 Å². The third kappa shape index (κ3) is 3.08. The first-order chi connectivity index (χ1) is 7.19. The molecule has 0 aliphatic carbocycles. The van der Waals surface area contributed by atoms with Crippen LogP contribution in [0.1, 0.15) is 42.9 Å². The van der Waals surface area contributed by atoms with Crippen LogP contribution in [0.4, 0.5) is 0 Å². The fourth-order valence-electron chi connectivity index (χ4n) is 1.35. The van der Waals surface area contributed by atoms with Gasteiger partial charge in [0.25, 0.3) is 0 Å². The summed E-state index contributed by atoms with van der Waals surface area (Å²) in [5, 5.41) is 4.21. The molecule has 0 radical (unpaired) electrons. The number of carbonyl (C=O) groups excluding carboxylic acids is 1. The maximum atomic E-state index is 11.4. The number of nitrogens with zero attached hydrogens (tertiary/aromatic N) is 2. The molecule has 84 valence electrons. The van der Waals surface area contributed by atoms with Gasteiger partial charge in [0.2, 0.25) is 0 Å². The van der Waals surface area contributed by atoms with Gasteiger partial charge in [0.15, 0.2) is 5.69 Å². The number of esters is 1. The minimum atomic E-state index is -0.337. The average Bonchev–Trinajstić information content (AvgIpc) is 2.57. The largest absolute Gasteiger partial charge is 0.461 e. The maximum Gasteiger partial charge on any atom is 0.358 e. The molecule has 1 heterocycles. The number of aromatic nitrogens is 2. The van der Waals surface area contributed by atoms with Gasteiger partial charge in [-0.1, -0.05) is 13.3 Å². The Morgan fingerprint density at radius 1 is 1.53 bits per heavy atom. The Morgan fingerprint density at radius 3 is 2.87 bits per heavy atom. The summed E-state index contributed by atoms with van der Waals surface area (Å²) in [7, 11) is 0. The third-order valence-corrected chi connectivity index (χ3v) is 2.19. The molecule has 4 nitrogen and oxygen atoms in total. The van der Waals surface area contributed by atoms with Crippen LogP contribution in [0.5, 0.6) is 0 Å². The molecule has 0 bridgehead atoms. The van der Waals surface area contributed by atoms with Gasteiger partial charge in [-0.05, 0) is 26.3 Å². The van der Waals surface area contributed by atoms with Crippen LogP contribution in [0.15, 0.2) is 6.07 Å². The Hall–Kier alpha value is -1.32. The van der Waals surface area contributed by atoms with Gasteiger partial charge in [-0.15, -0.1) is 0 Å². The lowest BCUT2D eigenvalue weighted by molar-refractivity contribution is 0.0518. The molecule has 0 amide bonds. The monoisotopic (exact) mass is 210 g/mol. The number of aryl methyl sites for hydroxylation is 2. The van der Waals surface area contributed by atoms with Crippen LogP contribution in [-0.4, -0.2) is 22.4 Å². The summed E-state index contributed by atoms with van der Waals surface area (Å²) < 4.78 is 6.74. The van der Waals surface area contributed by atoms with Gasteiger partial charge < -0.3 is 4.74 Å². The van der Waals surface area contributed by atoms with Crippen LogP contribution in [0.25, 0.3) is 0 Å². The Kier molecular flexibility index (Phi) is 4.34. The first-order valence-electron chi connectivity index (χ1n) is 5.40. The van der Waals surface area contributed by atoms with E-state index in [1.165, 1.54) is 0 Å². The zero-order valence-corrected chi connectivity index (χ0v) is 9.62. The van der Waals surface area contributed by atoms with Gasteiger partial charge in [0, 0.05) is 12.2 Å². The normalized spacial score (nSPS) is 10.3. The predicted molar refractivity (Wildman–Crippen MR) is 57.8 cm³/mol.